The number of amidine groups is 1. The van der Waals surface area contributed by atoms with Crippen molar-refractivity contribution in [3.05, 3.63) is 35.4 Å². The number of nitrogens with two attached hydrogens (primary N) is 1. The average molecular weight is 346 g/mol. The third-order valence-electron chi connectivity index (χ3n) is 4.73. The summed E-state index contributed by atoms with van der Waals surface area (Å²) in [6.07, 6.45) is 4.35. The normalized spacial score (nSPS) is 19.2. The van der Waals surface area contributed by atoms with Crippen LogP contribution in [0.25, 0.3) is 0 Å². The molecule has 0 aromatic heterocycles. The first-order chi connectivity index (χ1) is 12.0. The molecule has 0 bridgehead atoms. The Morgan fingerprint density at radius 1 is 1.36 bits per heavy atom. The summed E-state index contributed by atoms with van der Waals surface area (Å²) in [5.74, 6) is 0.849. The number of hydrogen-bond donors (Lipinski definition) is 3. The molecule has 1 aliphatic heterocycles. The van der Waals surface area contributed by atoms with Crippen LogP contribution in [0.15, 0.2) is 29.4 Å². The quantitative estimate of drug-likeness (QED) is 0.306. The van der Waals surface area contributed by atoms with E-state index in [2.05, 4.69) is 29.2 Å². The number of oxime groups is 1. The molecule has 1 saturated heterocycles. The van der Waals surface area contributed by atoms with Crippen LogP contribution in [0.1, 0.15) is 50.7 Å². The van der Waals surface area contributed by atoms with Gasteiger partial charge in [-0.2, -0.15) is 0 Å². The van der Waals surface area contributed by atoms with Crippen molar-refractivity contribution < 1.29 is 10.0 Å². The maximum absolute atomic E-state index is 12.6. The lowest BCUT2D eigenvalue weighted by Crippen LogP contribution is -2.49. The van der Waals surface area contributed by atoms with Crippen LogP contribution in [-0.2, 0) is 11.3 Å². The van der Waals surface area contributed by atoms with Gasteiger partial charge in [0.2, 0.25) is 5.91 Å². The van der Waals surface area contributed by atoms with Gasteiger partial charge in [-0.3, -0.25) is 9.69 Å². The predicted octanol–water partition coefficient (Wildman–Crippen LogP) is 2.30. The van der Waals surface area contributed by atoms with Gasteiger partial charge in [0.05, 0.1) is 6.04 Å². The second kappa shape index (κ2) is 9.42. The fourth-order valence-corrected chi connectivity index (χ4v) is 3.14. The van der Waals surface area contributed by atoms with E-state index in [0.29, 0.717) is 18.0 Å². The molecule has 2 rings (SSSR count). The lowest BCUT2D eigenvalue weighted by molar-refractivity contribution is -0.127. The van der Waals surface area contributed by atoms with Crippen molar-refractivity contribution in [2.75, 3.05) is 13.1 Å². The van der Waals surface area contributed by atoms with Crippen LogP contribution in [0, 0.1) is 5.92 Å². The molecule has 1 heterocycles. The van der Waals surface area contributed by atoms with Gasteiger partial charge in [-0.1, -0.05) is 49.7 Å². The maximum atomic E-state index is 12.6. The van der Waals surface area contributed by atoms with E-state index in [1.54, 1.807) is 12.1 Å². The molecule has 25 heavy (non-hydrogen) atoms. The van der Waals surface area contributed by atoms with Crippen LogP contribution < -0.4 is 11.1 Å². The van der Waals surface area contributed by atoms with E-state index in [1.165, 1.54) is 6.42 Å². The average Bonchev–Trinajstić information content (AvgIpc) is 2.64. The molecule has 1 aliphatic rings. The van der Waals surface area contributed by atoms with Crippen molar-refractivity contribution >= 4 is 11.7 Å². The number of rotatable bonds is 7. The zero-order chi connectivity index (χ0) is 18.2. The first kappa shape index (κ1) is 19.2. The summed E-state index contributed by atoms with van der Waals surface area (Å²) in [5, 5.41) is 14.7. The number of nitrogens with zero attached hydrogens (tertiary/aromatic N) is 2. The SMILES string of the molecule is CC(C)CCN1CCCCC1C(=O)NCc1ccc(C(N)=NO)cc1. The van der Waals surface area contributed by atoms with Crippen molar-refractivity contribution in [1.82, 2.24) is 10.2 Å². The molecule has 4 N–H and O–H groups in total. The van der Waals surface area contributed by atoms with Crippen LogP contribution in [0.4, 0.5) is 0 Å². The lowest BCUT2D eigenvalue weighted by atomic mass is 9.99. The van der Waals surface area contributed by atoms with E-state index in [4.69, 9.17) is 10.9 Å². The highest BCUT2D eigenvalue weighted by Gasteiger charge is 2.28. The molecule has 1 amide bonds. The van der Waals surface area contributed by atoms with Gasteiger partial charge in [0, 0.05) is 12.1 Å². The smallest absolute Gasteiger partial charge is 0.237 e. The van der Waals surface area contributed by atoms with Gasteiger partial charge in [-0.05, 0) is 43.8 Å². The van der Waals surface area contributed by atoms with Crippen molar-refractivity contribution in [2.24, 2.45) is 16.8 Å². The van der Waals surface area contributed by atoms with Gasteiger partial charge in [-0.15, -0.1) is 0 Å². The Morgan fingerprint density at radius 2 is 2.08 bits per heavy atom. The van der Waals surface area contributed by atoms with Crippen LogP contribution in [0.5, 0.6) is 0 Å². The molecule has 138 valence electrons. The number of likely N-dealkylation sites (tertiary alicyclic amines) is 1. The molecule has 0 saturated carbocycles. The zero-order valence-corrected chi connectivity index (χ0v) is 15.2. The Morgan fingerprint density at radius 3 is 2.72 bits per heavy atom. The van der Waals surface area contributed by atoms with Crippen LogP contribution >= 0.6 is 0 Å². The Balaban J connectivity index is 1.89. The highest BCUT2D eigenvalue weighted by atomic mass is 16.4. The minimum atomic E-state index is -0.0102. The van der Waals surface area contributed by atoms with Gasteiger partial charge in [0.15, 0.2) is 5.84 Å². The third-order valence-corrected chi connectivity index (χ3v) is 4.73. The van der Waals surface area contributed by atoms with Crippen molar-refractivity contribution in [3.63, 3.8) is 0 Å². The van der Waals surface area contributed by atoms with Crippen LogP contribution in [0.3, 0.4) is 0 Å². The van der Waals surface area contributed by atoms with E-state index in [0.717, 1.165) is 37.9 Å². The Hall–Kier alpha value is -2.08. The summed E-state index contributed by atoms with van der Waals surface area (Å²) < 4.78 is 0. The van der Waals surface area contributed by atoms with Crippen molar-refractivity contribution in [3.8, 4) is 0 Å². The number of piperidine rings is 1. The van der Waals surface area contributed by atoms with Crippen molar-refractivity contribution in [1.29, 1.82) is 0 Å². The van der Waals surface area contributed by atoms with E-state index in [1.807, 2.05) is 12.1 Å². The van der Waals surface area contributed by atoms with Crippen LogP contribution in [-0.4, -0.2) is 41.0 Å². The van der Waals surface area contributed by atoms with E-state index >= 15 is 0 Å². The highest BCUT2D eigenvalue weighted by Crippen LogP contribution is 2.18. The van der Waals surface area contributed by atoms with E-state index in [-0.39, 0.29) is 17.8 Å². The molecule has 1 atom stereocenters. The zero-order valence-electron chi connectivity index (χ0n) is 15.2. The summed E-state index contributed by atoms with van der Waals surface area (Å²) in [6.45, 7) is 6.93. The number of carbonyl (C=O) groups is 1. The largest absolute Gasteiger partial charge is 0.409 e. The highest BCUT2D eigenvalue weighted by molar-refractivity contribution is 5.96. The molecular formula is C19H30N4O2. The monoisotopic (exact) mass is 346 g/mol. The molecule has 0 radical (unpaired) electrons. The lowest BCUT2D eigenvalue weighted by Gasteiger charge is -2.35. The Kier molecular flexibility index (Phi) is 7.25. The second-order valence-corrected chi connectivity index (χ2v) is 7.13. The summed E-state index contributed by atoms with van der Waals surface area (Å²) in [7, 11) is 0. The molecule has 1 aromatic rings. The number of carbonyl (C=O) groups excluding carboxylic acids is 1. The molecule has 1 aromatic carbocycles. The molecule has 0 aliphatic carbocycles. The maximum Gasteiger partial charge on any atom is 0.237 e. The van der Waals surface area contributed by atoms with Gasteiger partial charge < -0.3 is 16.3 Å². The van der Waals surface area contributed by atoms with E-state index < -0.39 is 0 Å². The minimum Gasteiger partial charge on any atom is -0.409 e. The standard InChI is InChI=1S/C19H30N4O2/c1-14(2)10-12-23-11-4-3-5-17(23)19(24)21-13-15-6-8-16(9-7-15)18(20)22-25/h6-9,14,17,25H,3-5,10-13H2,1-2H3,(H2,20,22)(H,21,24). The fraction of sp³-hybridized carbons (Fsp3) is 0.579. The second-order valence-electron chi connectivity index (χ2n) is 7.13. The fourth-order valence-electron chi connectivity index (χ4n) is 3.14. The molecule has 0 spiro atoms. The molecule has 6 heteroatoms. The number of amides is 1. The van der Waals surface area contributed by atoms with Gasteiger partial charge in [-0.25, -0.2) is 0 Å². The van der Waals surface area contributed by atoms with E-state index in [9.17, 15) is 4.79 Å². The summed E-state index contributed by atoms with van der Waals surface area (Å²) in [4.78, 5) is 15.0. The molecule has 1 unspecified atom stereocenters. The first-order valence-corrected chi connectivity index (χ1v) is 9.10. The predicted molar refractivity (Wildman–Crippen MR) is 99.5 cm³/mol. The minimum absolute atomic E-state index is 0.0102. The number of nitrogens with one attached hydrogen (secondary N) is 1. The topological polar surface area (TPSA) is 91.0 Å². The Labute approximate surface area is 150 Å². The van der Waals surface area contributed by atoms with Gasteiger partial charge >= 0.3 is 0 Å². The van der Waals surface area contributed by atoms with Gasteiger partial charge in [0.25, 0.3) is 0 Å². The van der Waals surface area contributed by atoms with Crippen LogP contribution in [0.2, 0.25) is 0 Å². The third kappa shape index (κ3) is 5.74. The molecular weight excluding hydrogens is 316 g/mol. The summed E-state index contributed by atoms with van der Waals surface area (Å²) in [5.41, 5.74) is 7.20. The summed E-state index contributed by atoms with van der Waals surface area (Å²) >= 11 is 0. The number of benzene rings is 1. The first-order valence-electron chi connectivity index (χ1n) is 9.10. The summed E-state index contributed by atoms with van der Waals surface area (Å²) in [6, 6.07) is 7.32. The molecule has 6 nitrogen and oxygen atoms in total. The van der Waals surface area contributed by atoms with Gasteiger partial charge in [0.1, 0.15) is 0 Å². The van der Waals surface area contributed by atoms with Crippen molar-refractivity contribution in [2.45, 2.75) is 52.1 Å². The Bertz CT molecular complexity index is 584. The number of hydrogen-bond acceptors (Lipinski definition) is 4. The molecule has 1 fully saturated rings.